The molecule has 1 amide bonds. The third-order valence-electron chi connectivity index (χ3n) is 7.10. The summed E-state index contributed by atoms with van der Waals surface area (Å²) in [6.07, 6.45) is 0.639. The fourth-order valence-electron chi connectivity index (χ4n) is 4.59. The minimum absolute atomic E-state index is 0.00360. The first kappa shape index (κ1) is 25.6. The monoisotopic (exact) mass is 523 g/mol. The standard InChI is InChI=1S/C24H31F2N3O4SSi/c1-4-34(32,33)18-7-8-19(21(14-18)28-10-12-35(2,3)13-11-28)22(30)27-20-6-5-9-29(23(20)31)17-15-24(25,26)16-17/h5-9,14,17H,4,10-13,15-16H2,1-3H3,(H,27,30). The Balaban J connectivity index is 1.65. The zero-order valence-electron chi connectivity index (χ0n) is 20.2. The van der Waals surface area contributed by atoms with Gasteiger partial charge in [-0.25, -0.2) is 17.2 Å². The van der Waals surface area contributed by atoms with Gasteiger partial charge < -0.3 is 14.8 Å². The highest BCUT2D eigenvalue weighted by molar-refractivity contribution is 7.91. The summed E-state index contributed by atoms with van der Waals surface area (Å²) in [5, 5.41) is 2.63. The van der Waals surface area contributed by atoms with E-state index in [1.165, 1.54) is 29.0 Å². The second-order valence-electron chi connectivity index (χ2n) is 10.2. The predicted octanol–water partition coefficient (Wildman–Crippen LogP) is 4.39. The summed E-state index contributed by atoms with van der Waals surface area (Å²) < 4.78 is 52.9. The SMILES string of the molecule is CCS(=O)(=O)c1ccc(C(=O)Nc2cccn(C3CC(F)(F)C3)c2=O)c(N2CC[Si](C)(C)CC2)c1. The molecule has 0 radical (unpaired) electrons. The van der Waals surface area contributed by atoms with Crippen molar-refractivity contribution in [1.82, 2.24) is 4.57 Å². The summed E-state index contributed by atoms with van der Waals surface area (Å²) in [7, 11) is -4.79. The molecule has 2 fully saturated rings. The van der Waals surface area contributed by atoms with E-state index in [2.05, 4.69) is 18.4 Å². The molecule has 0 unspecified atom stereocenters. The second-order valence-corrected chi connectivity index (χ2v) is 17.8. The lowest BCUT2D eigenvalue weighted by Gasteiger charge is -2.38. The van der Waals surface area contributed by atoms with E-state index in [-0.39, 0.29) is 21.9 Å². The number of alkyl halides is 2. The Morgan fingerprint density at radius 2 is 1.83 bits per heavy atom. The van der Waals surface area contributed by atoms with Gasteiger partial charge in [-0.05, 0) is 42.4 Å². The molecule has 190 valence electrons. The molecule has 35 heavy (non-hydrogen) atoms. The van der Waals surface area contributed by atoms with Crippen LogP contribution in [0.5, 0.6) is 0 Å². The van der Waals surface area contributed by atoms with Gasteiger partial charge in [-0.3, -0.25) is 9.59 Å². The maximum Gasteiger partial charge on any atom is 0.274 e. The van der Waals surface area contributed by atoms with Gasteiger partial charge >= 0.3 is 0 Å². The van der Waals surface area contributed by atoms with Crippen molar-refractivity contribution in [2.75, 3.05) is 29.1 Å². The van der Waals surface area contributed by atoms with Crippen molar-refractivity contribution >= 4 is 35.2 Å². The lowest BCUT2D eigenvalue weighted by molar-refractivity contribution is -0.104. The van der Waals surface area contributed by atoms with E-state index in [9.17, 15) is 26.8 Å². The summed E-state index contributed by atoms with van der Waals surface area (Å²) in [6, 6.07) is 8.87. The van der Waals surface area contributed by atoms with Crippen LogP contribution in [0.2, 0.25) is 25.2 Å². The average molecular weight is 524 g/mol. The number of carbonyl (C=O) groups excluding carboxylic acids is 1. The van der Waals surface area contributed by atoms with Crippen molar-refractivity contribution in [1.29, 1.82) is 0 Å². The number of carbonyl (C=O) groups is 1. The smallest absolute Gasteiger partial charge is 0.274 e. The number of sulfone groups is 1. The Morgan fingerprint density at radius 3 is 2.43 bits per heavy atom. The molecule has 11 heteroatoms. The molecular formula is C24H31F2N3O4SSi. The number of hydrogen-bond acceptors (Lipinski definition) is 5. The minimum Gasteiger partial charge on any atom is -0.371 e. The number of anilines is 2. The summed E-state index contributed by atoms with van der Waals surface area (Å²) in [5.41, 5.74) is 0.248. The zero-order valence-corrected chi connectivity index (χ0v) is 22.0. The summed E-state index contributed by atoms with van der Waals surface area (Å²) in [5.74, 6) is -3.37. The first-order valence-electron chi connectivity index (χ1n) is 11.8. The lowest BCUT2D eigenvalue weighted by atomic mass is 9.88. The molecule has 4 rings (SSSR count). The number of aromatic nitrogens is 1. The number of benzene rings is 1. The van der Waals surface area contributed by atoms with Gasteiger partial charge in [0.15, 0.2) is 9.84 Å². The Hall–Kier alpha value is -2.53. The number of nitrogens with zero attached hydrogens (tertiary/aromatic N) is 2. The highest BCUT2D eigenvalue weighted by Gasteiger charge is 2.46. The van der Waals surface area contributed by atoms with Crippen LogP contribution in [-0.2, 0) is 9.84 Å². The quantitative estimate of drug-likeness (QED) is 0.568. The maximum atomic E-state index is 13.3. The van der Waals surface area contributed by atoms with E-state index < -0.39 is 54.2 Å². The molecule has 0 spiro atoms. The third kappa shape index (κ3) is 5.35. The fourth-order valence-corrected chi connectivity index (χ4v) is 7.49. The number of hydrogen-bond donors (Lipinski definition) is 1. The molecule has 1 N–H and O–H groups in total. The van der Waals surface area contributed by atoms with Gasteiger partial charge in [0, 0.05) is 38.2 Å². The highest BCUT2D eigenvalue weighted by Crippen LogP contribution is 2.44. The van der Waals surface area contributed by atoms with Gasteiger partial charge in [-0.15, -0.1) is 0 Å². The normalized spacial score (nSPS) is 19.7. The minimum atomic E-state index is -3.48. The van der Waals surface area contributed by atoms with Crippen LogP contribution in [-0.4, -0.2) is 51.7 Å². The number of nitrogens with one attached hydrogen (secondary N) is 1. The molecule has 1 saturated heterocycles. The number of pyridine rings is 1. The first-order valence-corrected chi connectivity index (χ1v) is 16.9. The molecule has 2 aromatic rings. The van der Waals surface area contributed by atoms with Gasteiger partial charge in [-0.2, -0.15) is 0 Å². The molecule has 1 aliphatic carbocycles. The van der Waals surface area contributed by atoms with Crippen molar-refractivity contribution in [2.45, 2.75) is 61.8 Å². The van der Waals surface area contributed by atoms with E-state index >= 15 is 0 Å². The van der Waals surface area contributed by atoms with E-state index in [0.29, 0.717) is 5.69 Å². The van der Waals surface area contributed by atoms with Crippen molar-refractivity contribution < 1.29 is 22.0 Å². The molecular weight excluding hydrogens is 492 g/mol. The number of rotatable bonds is 6. The Labute approximate surface area is 205 Å². The fraction of sp³-hybridized carbons (Fsp3) is 0.500. The van der Waals surface area contributed by atoms with E-state index in [4.69, 9.17) is 0 Å². The first-order chi connectivity index (χ1) is 16.3. The summed E-state index contributed by atoms with van der Waals surface area (Å²) >= 11 is 0. The van der Waals surface area contributed by atoms with Crippen molar-refractivity contribution in [3.05, 3.63) is 52.4 Å². The molecule has 0 bridgehead atoms. The molecule has 2 heterocycles. The predicted molar refractivity (Wildman–Crippen MR) is 135 cm³/mol. The summed E-state index contributed by atoms with van der Waals surface area (Å²) in [4.78, 5) is 28.4. The molecule has 2 aliphatic rings. The maximum absolute atomic E-state index is 13.3. The topological polar surface area (TPSA) is 88.5 Å². The van der Waals surface area contributed by atoms with Gasteiger partial charge in [0.2, 0.25) is 0 Å². The van der Waals surface area contributed by atoms with Crippen molar-refractivity contribution in [2.24, 2.45) is 0 Å². The summed E-state index contributed by atoms with van der Waals surface area (Å²) in [6.45, 7) is 7.65. The van der Waals surface area contributed by atoms with Crippen LogP contribution in [0.4, 0.5) is 20.2 Å². The Bertz CT molecular complexity index is 1290. The van der Waals surface area contributed by atoms with Crippen LogP contribution >= 0.6 is 0 Å². The van der Waals surface area contributed by atoms with Gasteiger partial charge in [0.05, 0.1) is 30.0 Å². The lowest BCUT2D eigenvalue weighted by Crippen LogP contribution is -2.43. The van der Waals surface area contributed by atoms with Crippen LogP contribution in [0.15, 0.2) is 46.2 Å². The molecule has 1 saturated carbocycles. The van der Waals surface area contributed by atoms with Crippen molar-refractivity contribution in [3.63, 3.8) is 0 Å². The van der Waals surface area contributed by atoms with E-state index in [1.54, 1.807) is 19.1 Å². The molecule has 1 aliphatic heterocycles. The molecule has 1 aromatic carbocycles. The van der Waals surface area contributed by atoms with Crippen LogP contribution in [0.1, 0.15) is 36.2 Å². The Morgan fingerprint density at radius 1 is 1.17 bits per heavy atom. The molecule has 7 nitrogen and oxygen atoms in total. The van der Waals surface area contributed by atoms with Gasteiger partial charge in [0.25, 0.3) is 17.4 Å². The van der Waals surface area contributed by atoms with Crippen LogP contribution < -0.4 is 15.8 Å². The van der Waals surface area contributed by atoms with Crippen LogP contribution in [0.25, 0.3) is 0 Å². The van der Waals surface area contributed by atoms with Crippen LogP contribution in [0.3, 0.4) is 0 Å². The number of halogens is 2. The van der Waals surface area contributed by atoms with Gasteiger partial charge in [0.1, 0.15) is 5.69 Å². The largest absolute Gasteiger partial charge is 0.371 e. The van der Waals surface area contributed by atoms with Gasteiger partial charge in [-0.1, -0.05) is 20.0 Å². The second kappa shape index (κ2) is 9.16. The average Bonchev–Trinajstić information content (AvgIpc) is 2.78. The number of amides is 1. The van der Waals surface area contributed by atoms with E-state index in [0.717, 1.165) is 25.2 Å². The molecule has 1 aromatic heterocycles. The third-order valence-corrected chi connectivity index (χ3v) is 12.0. The van der Waals surface area contributed by atoms with E-state index in [1.807, 2.05) is 4.90 Å². The highest BCUT2D eigenvalue weighted by atomic mass is 32.2. The zero-order chi connectivity index (χ0) is 25.6. The van der Waals surface area contributed by atoms with Crippen molar-refractivity contribution in [3.8, 4) is 0 Å². The molecule has 0 atom stereocenters. The van der Waals surface area contributed by atoms with Crippen LogP contribution in [0, 0.1) is 0 Å². The Kier molecular flexibility index (Phi) is 6.69.